The van der Waals surface area contributed by atoms with Crippen molar-refractivity contribution in [1.82, 2.24) is 14.9 Å². The summed E-state index contributed by atoms with van der Waals surface area (Å²) in [6, 6.07) is 0.242. The summed E-state index contributed by atoms with van der Waals surface area (Å²) in [5, 5.41) is 11.4. The second-order valence-electron chi connectivity index (χ2n) is 4.16. The van der Waals surface area contributed by atoms with Crippen molar-refractivity contribution in [1.29, 1.82) is 0 Å². The Bertz CT molecular complexity index is 444. The number of carbonyl (C=O) groups excluding carboxylic acids is 1. The third-order valence-electron chi connectivity index (χ3n) is 2.77. The molecule has 1 saturated carbocycles. The third-order valence-corrected chi connectivity index (χ3v) is 2.77. The van der Waals surface area contributed by atoms with E-state index in [0.29, 0.717) is 18.7 Å². The van der Waals surface area contributed by atoms with E-state index in [1.54, 1.807) is 4.90 Å². The third kappa shape index (κ3) is 2.93. The summed E-state index contributed by atoms with van der Waals surface area (Å²) in [6.45, 7) is 0.427. The second kappa shape index (κ2) is 5.44. The summed E-state index contributed by atoms with van der Waals surface area (Å²) >= 11 is 0. The van der Waals surface area contributed by atoms with Gasteiger partial charge in [0, 0.05) is 31.4 Å². The highest BCUT2D eigenvalue weighted by atomic mass is 16.4. The standard InChI is InChI=1S/C11H15N5O2/c12-10(15-18)3-6-16(8-1-2-8)11(17)9-7-13-4-5-14-9/h4-5,7-8,18H,1-3,6H2,(H2,12,15). The Kier molecular flexibility index (Phi) is 3.71. The minimum Gasteiger partial charge on any atom is -0.409 e. The highest BCUT2D eigenvalue weighted by Gasteiger charge is 2.33. The van der Waals surface area contributed by atoms with E-state index in [1.807, 2.05) is 0 Å². The van der Waals surface area contributed by atoms with E-state index in [9.17, 15) is 4.79 Å². The highest BCUT2D eigenvalue weighted by molar-refractivity contribution is 5.92. The molecule has 0 radical (unpaired) electrons. The molecule has 0 aromatic carbocycles. The van der Waals surface area contributed by atoms with Gasteiger partial charge in [-0.05, 0) is 12.8 Å². The summed E-state index contributed by atoms with van der Waals surface area (Å²) in [5.41, 5.74) is 5.74. The number of amidine groups is 1. The highest BCUT2D eigenvalue weighted by Crippen LogP contribution is 2.28. The lowest BCUT2D eigenvalue weighted by Crippen LogP contribution is -2.36. The number of hydrogen-bond acceptors (Lipinski definition) is 5. The van der Waals surface area contributed by atoms with E-state index in [2.05, 4.69) is 15.1 Å². The van der Waals surface area contributed by atoms with Crippen LogP contribution < -0.4 is 5.73 Å². The molecule has 3 N–H and O–H groups in total. The predicted molar refractivity (Wildman–Crippen MR) is 64.1 cm³/mol. The van der Waals surface area contributed by atoms with Crippen LogP contribution in [0.1, 0.15) is 29.8 Å². The van der Waals surface area contributed by atoms with Gasteiger partial charge in [-0.2, -0.15) is 0 Å². The molecule has 1 amide bonds. The molecule has 1 aromatic rings. The molecule has 1 aromatic heterocycles. The van der Waals surface area contributed by atoms with Gasteiger partial charge in [-0.15, -0.1) is 0 Å². The summed E-state index contributed by atoms with van der Waals surface area (Å²) in [7, 11) is 0. The summed E-state index contributed by atoms with van der Waals surface area (Å²) < 4.78 is 0. The number of nitrogens with two attached hydrogens (primary N) is 1. The predicted octanol–water partition coefficient (Wildman–Crippen LogP) is 0.218. The molecule has 0 unspecified atom stereocenters. The molecule has 0 bridgehead atoms. The van der Waals surface area contributed by atoms with Gasteiger partial charge in [0.25, 0.3) is 5.91 Å². The van der Waals surface area contributed by atoms with Gasteiger partial charge >= 0.3 is 0 Å². The molecule has 1 aliphatic rings. The Morgan fingerprint density at radius 3 is 2.89 bits per heavy atom. The van der Waals surface area contributed by atoms with Crippen LogP contribution in [0.2, 0.25) is 0 Å². The lowest BCUT2D eigenvalue weighted by Gasteiger charge is -2.21. The number of oxime groups is 1. The number of hydrogen-bond donors (Lipinski definition) is 2. The molecular weight excluding hydrogens is 234 g/mol. The summed E-state index contributed by atoms with van der Waals surface area (Å²) in [5.74, 6) is -0.0380. The summed E-state index contributed by atoms with van der Waals surface area (Å²) in [4.78, 5) is 21.8. The maximum Gasteiger partial charge on any atom is 0.274 e. The van der Waals surface area contributed by atoms with E-state index in [0.717, 1.165) is 12.8 Å². The van der Waals surface area contributed by atoms with E-state index < -0.39 is 0 Å². The fraction of sp³-hybridized carbons (Fsp3) is 0.455. The molecule has 1 heterocycles. The van der Waals surface area contributed by atoms with Crippen LogP contribution in [-0.4, -0.2) is 44.4 Å². The van der Waals surface area contributed by atoms with Crippen LogP contribution in [0.25, 0.3) is 0 Å². The van der Waals surface area contributed by atoms with E-state index in [1.165, 1.54) is 18.6 Å². The monoisotopic (exact) mass is 249 g/mol. The van der Waals surface area contributed by atoms with Gasteiger partial charge < -0.3 is 15.8 Å². The van der Waals surface area contributed by atoms with E-state index in [-0.39, 0.29) is 17.8 Å². The first-order valence-electron chi connectivity index (χ1n) is 5.75. The normalized spacial score (nSPS) is 15.4. The van der Waals surface area contributed by atoms with E-state index >= 15 is 0 Å². The fourth-order valence-corrected chi connectivity index (χ4v) is 1.68. The summed E-state index contributed by atoms with van der Waals surface area (Å²) in [6.07, 6.45) is 6.78. The molecule has 0 saturated heterocycles. The molecule has 0 atom stereocenters. The van der Waals surface area contributed by atoms with Crippen molar-refractivity contribution in [2.24, 2.45) is 10.9 Å². The maximum absolute atomic E-state index is 12.2. The lowest BCUT2D eigenvalue weighted by molar-refractivity contribution is 0.0741. The second-order valence-corrected chi connectivity index (χ2v) is 4.16. The van der Waals surface area contributed by atoms with Gasteiger partial charge in [0.15, 0.2) is 0 Å². The minimum absolute atomic E-state index is 0.118. The van der Waals surface area contributed by atoms with Crippen LogP contribution in [0, 0.1) is 0 Å². The first-order chi connectivity index (χ1) is 8.72. The topological polar surface area (TPSA) is 105 Å². The Morgan fingerprint density at radius 2 is 2.33 bits per heavy atom. The molecule has 1 fully saturated rings. The Labute approximate surface area is 104 Å². The first-order valence-corrected chi connectivity index (χ1v) is 5.75. The zero-order chi connectivity index (χ0) is 13.0. The number of amides is 1. The molecule has 7 heteroatoms. The van der Waals surface area contributed by atoms with Crippen LogP contribution in [0.4, 0.5) is 0 Å². The van der Waals surface area contributed by atoms with E-state index in [4.69, 9.17) is 10.9 Å². The molecule has 7 nitrogen and oxygen atoms in total. The average Bonchev–Trinajstić information content (AvgIpc) is 3.24. The molecule has 0 spiro atoms. The van der Waals surface area contributed by atoms with Gasteiger partial charge in [-0.1, -0.05) is 5.16 Å². The molecule has 18 heavy (non-hydrogen) atoms. The van der Waals surface area contributed by atoms with Gasteiger partial charge in [0.05, 0.1) is 6.20 Å². The first kappa shape index (κ1) is 12.3. The number of aromatic nitrogens is 2. The van der Waals surface area contributed by atoms with Crippen LogP contribution in [0.15, 0.2) is 23.7 Å². The maximum atomic E-state index is 12.2. The largest absolute Gasteiger partial charge is 0.409 e. The molecular formula is C11H15N5O2. The van der Waals surface area contributed by atoms with Crippen molar-refractivity contribution in [3.63, 3.8) is 0 Å². The number of carbonyl (C=O) groups is 1. The zero-order valence-electron chi connectivity index (χ0n) is 9.86. The Hall–Kier alpha value is -2.18. The average molecular weight is 249 g/mol. The Balaban J connectivity index is 2.04. The lowest BCUT2D eigenvalue weighted by atomic mass is 10.3. The van der Waals surface area contributed by atoms with Crippen LogP contribution in [-0.2, 0) is 0 Å². The van der Waals surface area contributed by atoms with Crippen molar-refractivity contribution < 1.29 is 10.0 Å². The molecule has 0 aliphatic heterocycles. The number of nitrogens with zero attached hydrogens (tertiary/aromatic N) is 4. The Morgan fingerprint density at radius 1 is 1.56 bits per heavy atom. The smallest absolute Gasteiger partial charge is 0.274 e. The molecule has 1 aliphatic carbocycles. The van der Waals surface area contributed by atoms with Crippen LogP contribution >= 0.6 is 0 Å². The minimum atomic E-state index is -0.156. The van der Waals surface area contributed by atoms with Gasteiger partial charge in [0.1, 0.15) is 11.5 Å². The van der Waals surface area contributed by atoms with Crippen molar-refractivity contribution in [2.45, 2.75) is 25.3 Å². The van der Waals surface area contributed by atoms with Crippen molar-refractivity contribution in [3.8, 4) is 0 Å². The fourth-order valence-electron chi connectivity index (χ4n) is 1.68. The van der Waals surface area contributed by atoms with Gasteiger partial charge in [0.2, 0.25) is 0 Å². The van der Waals surface area contributed by atoms with Gasteiger partial charge in [-0.25, -0.2) is 4.98 Å². The molecule has 96 valence electrons. The van der Waals surface area contributed by atoms with Crippen molar-refractivity contribution in [2.75, 3.05) is 6.54 Å². The van der Waals surface area contributed by atoms with Crippen LogP contribution in [0.5, 0.6) is 0 Å². The van der Waals surface area contributed by atoms with Crippen molar-refractivity contribution in [3.05, 3.63) is 24.3 Å². The van der Waals surface area contributed by atoms with Crippen LogP contribution in [0.3, 0.4) is 0 Å². The van der Waals surface area contributed by atoms with Crippen molar-refractivity contribution >= 4 is 11.7 Å². The SMILES string of the molecule is NC(CCN(C(=O)c1cnccn1)C1CC1)=NO. The molecule has 2 rings (SSSR count). The van der Waals surface area contributed by atoms with Gasteiger partial charge in [-0.3, -0.25) is 9.78 Å². The zero-order valence-corrected chi connectivity index (χ0v) is 9.86. The quantitative estimate of drug-likeness (QED) is 0.336. The number of rotatable bonds is 5.